The number of ether oxygens (including phenoxy) is 1. The van der Waals surface area contributed by atoms with Gasteiger partial charge in [-0.1, -0.05) is 35.0 Å². The fraction of sp³-hybridized carbons (Fsp3) is 0.167. The number of amides is 2. The maximum atomic E-state index is 14.1. The molecule has 3 aromatic carbocycles. The van der Waals surface area contributed by atoms with E-state index in [-0.39, 0.29) is 17.5 Å². The van der Waals surface area contributed by atoms with E-state index < -0.39 is 11.1 Å². The van der Waals surface area contributed by atoms with Gasteiger partial charge in [-0.3, -0.25) is 9.59 Å². The molecule has 0 heterocycles. The van der Waals surface area contributed by atoms with E-state index in [2.05, 4.69) is 26.6 Å². The largest absolute Gasteiger partial charge is 0.497 e. The van der Waals surface area contributed by atoms with Gasteiger partial charge < -0.3 is 15.4 Å². The number of nitrogens with one attached hydrogen (secondary N) is 2. The molecule has 0 radical (unpaired) electrons. The SMILES string of the molecule is CCC(Sc1cccc(NC(=O)c2cccc(OC)c2)c1)C(=O)Nc1ccc(Br)cc1F. The van der Waals surface area contributed by atoms with Crippen LogP contribution in [0.1, 0.15) is 23.7 Å². The Labute approximate surface area is 198 Å². The lowest BCUT2D eigenvalue weighted by atomic mass is 10.2. The number of hydrogen-bond acceptors (Lipinski definition) is 4. The minimum absolute atomic E-state index is 0.136. The highest BCUT2D eigenvalue weighted by Gasteiger charge is 2.20. The van der Waals surface area contributed by atoms with E-state index >= 15 is 0 Å². The van der Waals surface area contributed by atoms with Crippen LogP contribution in [0.25, 0.3) is 0 Å². The van der Waals surface area contributed by atoms with Gasteiger partial charge in [-0.05, 0) is 61.0 Å². The Bertz CT molecular complexity index is 1130. The average molecular weight is 517 g/mol. The van der Waals surface area contributed by atoms with Crippen LogP contribution < -0.4 is 15.4 Å². The first kappa shape index (κ1) is 23.8. The number of benzene rings is 3. The monoisotopic (exact) mass is 516 g/mol. The highest BCUT2D eigenvalue weighted by atomic mass is 79.9. The summed E-state index contributed by atoms with van der Waals surface area (Å²) < 4.78 is 19.8. The fourth-order valence-corrected chi connectivity index (χ4v) is 4.25. The van der Waals surface area contributed by atoms with Crippen molar-refractivity contribution in [3.05, 3.63) is 82.6 Å². The maximum absolute atomic E-state index is 14.1. The smallest absolute Gasteiger partial charge is 0.255 e. The third-order valence-electron chi connectivity index (χ3n) is 4.55. The number of rotatable bonds is 8. The van der Waals surface area contributed by atoms with Crippen molar-refractivity contribution in [1.82, 2.24) is 0 Å². The molecule has 0 spiro atoms. The second-order valence-electron chi connectivity index (χ2n) is 6.84. The van der Waals surface area contributed by atoms with E-state index in [1.54, 1.807) is 49.6 Å². The van der Waals surface area contributed by atoms with Gasteiger partial charge in [-0.25, -0.2) is 4.39 Å². The van der Waals surface area contributed by atoms with Crippen molar-refractivity contribution >= 4 is 50.9 Å². The van der Waals surface area contributed by atoms with Gasteiger partial charge in [0.2, 0.25) is 5.91 Å². The normalized spacial score (nSPS) is 11.5. The van der Waals surface area contributed by atoms with Gasteiger partial charge in [0.25, 0.3) is 5.91 Å². The lowest BCUT2D eigenvalue weighted by Crippen LogP contribution is -2.25. The Balaban J connectivity index is 1.68. The first-order valence-corrected chi connectivity index (χ1v) is 11.5. The minimum Gasteiger partial charge on any atom is -0.497 e. The number of methoxy groups -OCH3 is 1. The molecule has 0 bridgehead atoms. The molecule has 0 aliphatic heterocycles. The van der Waals surface area contributed by atoms with Gasteiger partial charge in [0, 0.05) is 20.6 Å². The van der Waals surface area contributed by atoms with Crippen molar-refractivity contribution in [3.63, 3.8) is 0 Å². The average Bonchev–Trinajstić information content (AvgIpc) is 2.79. The molecule has 0 saturated heterocycles. The first-order valence-electron chi connectivity index (χ1n) is 9.87. The van der Waals surface area contributed by atoms with Crippen molar-refractivity contribution in [3.8, 4) is 5.75 Å². The summed E-state index contributed by atoms with van der Waals surface area (Å²) in [4.78, 5) is 26.1. The van der Waals surface area contributed by atoms with E-state index in [9.17, 15) is 14.0 Å². The third kappa shape index (κ3) is 6.34. The summed E-state index contributed by atoms with van der Waals surface area (Å²) in [5, 5.41) is 5.08. The third-order valence-corrected chi connectivity index (χ3v) is 6.41. The molecule has 1 unspecified atom stereocenters. The zero-order valence-electron chi connectivity index (χ0n) is 17.5. The second-order valence-corrected chi connectivity index (χ2v) is 9.03. The fourth-order valence-electron chi connectivity index (χ4n) is 2.91. The molecular weight excluding hydrogens is 495 g/mol. The van der Waals surface area contributed by atoms with Crippen molar-refractivity contribution in [1.29, 1.82) is 0 Å². The number of carbonyl (C=O) groups excluding carboxylic acids is 2. The second kappa shape index (κ2) is 11.2. The minimum atomic E-state index is -0.505. The predicted octanol–water partition coefficient (Wildman–Crippen LogP) is 6.36. The summed E-state index contributed by atoms with van der Waals surface area (Å²) in [5.74, 6) is -0.457. The van der Waals surface area contributed by atoms with E-state index in [0.717, 1.165) is 4.90 Å². The number of anilines is 2. The lowest BCUT2D eigenvalue weighted by Gasteiger charge is -2.16. The Hall–Kier alpha value is -2.84. The Morgan fingerprint density at radius 1 is 1.06 bits per heavy atom. The molecule has 3 aromatic rings. The number of halogens is 2. The molecule has 5 nitrogen and oxygen atoms in total. The van der Waals surface area contributed by atoms with Crippen LogP contribution in [0, 0.1) is 5.82 Å². The molecule has 2 amide bonds. The summed E-state index contributed by atoms with van der Waals surface area (Å²) in [6.45, 7) is 1.89. The van der Waals surface area contributed by atoms with E-state index in [1.807, 2.05) is 19.1 Å². The molecule has 166 valence electrons. The number of thioether (sulfide) groups is 1. The van der Waals surface area contributed by atoms with Gasteiger partial charge in [0.05, 0.1) is 18.0 Å². The Kier molecular flexibility index (Phi) is 8.30. The van der Waals surface area contributed by atoms with Crippen LogP contribution in [-0.4, -0.2) is 24.2 Å². The molecular formula is C24H22BrFN2O3S. The zero-order chi connectivity index (χ0) is 23.1. The molecule has 8 heteroatoms. The standard InChI is InChI=1S/C24H22BrFN2O3S/c1-3-22(24(30)28-21-11-10-16(25)13-20(21)26)32-19-9-5-7-17(14-19)27-23(29)15-6-4-8-18(12-15)31-2/h4-14,22H,3H2,1-2H3,(H,27,29)(H,28,30). The predicted molar refractivity (Wildman–Crippen MR) is 130 cm³/mol. The maximum Gasteiger partial charge on any atom is 0.255 e. The van der Waals surface area contributed by atoms with Crippen LogP contribution >= 0.6 is 27.7 Å². The van der Waals surface area contributed by atoms with Crippen LogP contribution in [0.2, 0.25) is 0 Å². The quantitative estimate of drug-likeness (QED) is 0.342. The van der Waals surface area contributed by atoms with E-state index in [0.29, 0.717) is 27.9 Å². The van der Waals surface area contributed by atoms with Crippen LogP contribution in [0.4, 0.5) is 15.8 Å². The molecule has 0 aromatic heterocycles. The van der Waals surface area contributed by atoms with Gasteiger partial charge in [-0.2, -0.15) is 0 Å². The lowest BCUT2D eigenvalue weighted by molar-refractivity contribution is -0.115. The van der Waals surface area contributed by atoms with Crippen LogP contribution in [0.15, 0.2) is 76.1 Å². The number of hydrogen-bond donors (Lipinski definition) is 2. The van der Waals surface area contributed by atoms with Gasteiger partial charge in [0.1, 0.15) is 11.6 Å². The molecule has 3 rings (SSSR count). The molecule has 0 saturated carbocycles. The van der Waals surface area contributed by atoms with Crippen LogP contribution in [0.5, 0.6) is 5.75 Å². The highest BCUT2D eigenvalue weighted by molar-refractivity contribution is 9.10. The van der Waals surface area contributed by atoms with Gasteiger partial charge in [-0.15, -0.1) is 11.8 Å². The summed E-state index contributed by atoms with van der Waals surface area (Å²) in [6.07, 6.45) is 0.551. The molecule has 32 heavy (non-hydrogen) atoms. The highest BCUT2D eigenvalue weighted by Crippen LogP contribution is 2.29. The summed E-state index contributed by atoms with van der Waals surface area (Å²) in [5.41, 5.74) is 1.22. The van der Waals surface area contributed by atoms with Crippen molar-refractivity contribution in [2.75, 3.05) is 17.7 Å². The molecule has 0 aliphatic rings. The molecule has 0 aliphatic carbocycles. The summed E-state index contributed by atoms with van der Waals surface area (Å²) in [6, 6.07) is 18.6. The van der Waals surface area contributed by atoms with Crippen molar-refractivity contribution in [2.45, 2.75) is 23.5 Å². The van der Waals surface area contributed by atoms with Crippen molar-refractivity contribution < 1.29 is 18.7 Å². The number of carbonyl (C=O) groups is 2. The molecule has 1 atom stereocenters. The first-order chi connectivity index (χ1) is 15.4. The Morgan fingerprint density at radius 2 is 1.84 bits per heavy atom. The Morgan fingerprint density at radius 3 is 2.56 bits per heavy atom. The van der Waals surface area contributed by atoms with Gasteiger partial charge in [0.15, 0.2) is 0 Å². The molecule has 2 N–H and O–H groups in total. The summed E-state index contributed by atoms with van der Waals surface area (Å²) in [7, 11) is 1.54. The van der Waals surface area contributed by atoms with E-state index in [4.69, 9.17) is 4.74 Å². The topological polar surface area (TPSA) is 67.4 Å². The van der Waals surface area contributed by atoms with Crippen molar-refractivity contribution in [2.24, 2.45) is 0 Å². The van der Waals surface area contributed by atoms with Crippen LogP contribution in [-0.2, 0) is 4.79 Å². The zero-order valence-corrected chi connectivity index (χ0v) is 19.9. The van der Waals surface area contributed by atoms with Crippen LogP contribution in [0.3, 0.4) is 0 Å². The van der Waals surface area contributed by atoms with E-state index in [1.165, 1.54) is 23.9 Å². The summed E-state index contributed by atoms with van der Waals surface area (Å²) >= 11 is 4.56. The molecule has 0 fully saturated rings. The van der Waals surface area contributed by atoms with Gasteiger partial charge >= 0.3 is 0 Å².